The van der Waals surface area contributed by atoms with E-state index in [4.69, 9.17) is 0 Å². The number of hydrogen-bond donors (Lipinski definition) is 3. The molecule has 1 saturated heterocycles. The average molecular weight is 458 g/mol. The molecule has 4 rings (SSSR count). The number of aromatic nitrogens is 3. The maximum Gasteiger partial charge on any atom is 0.419 e. The van der Waals surface area contributed by atoms with Gasteiger partial charge >= 0.3 is 6.18 Å². The zero-order valence-corrected chi connectivity index (χ0v) is 18.1. The van der Waals surface area contributed by atoms with Crippen molar-refractivity contribution in [2.75, 3.05) is 25.5 Å². The van der Waals surface area contributed by atoms with Gasteiger partial charge in [-0.05, 0) is 31.0 Å². The lowest BCUT2D eigenvalue weighted by Crippen LogP contribution is -2.38. The van der Waals surface area contributed by atoms with Gasteiger partial charge < -0.3 is 20.5 Å². The fraction of sp³-hybridized carbons (Fsp3) is 0.348. The first kappa shape index (κ1) is 22.8. The van der Waals surface area contributed by atoms with Crippen molar-refractivity contribution in [1.29, 1.82) is 0 Å². The molecule has 0 unspecified atom stereocenters. The molecule has 3 aromatic rings. The highest BCUT2D eigenvalue weighted by Crippen LogP contribution is 2.36. The van der Waals surface area contributed by atoms with Crippen LogP contribution in [0.15, 0.2) is 48.8 Å². The van der Waals surface area contributed by atoms with Gasteiger partial charge in [0.05, 0.1) is 5.69 Å². The Hall–Kier alpha value is -3.40. The molecule has 2 aromatic heterocycles. The fourth-order valence-electron chi connectivity index (χ4n) is 3.83. The smallest absolute Gasteiger partial charge is 0.357 e. The van der Waals surface area contributed by atoms with Crippen LogP contribution in [-0.2, 0) is 12.7 Å². The van der Waals surface area contributed by atoms with Gasteiger partial charge in [-0.1, -0.05) is 30.3 Å². The molecule has 33 heavy (non-hydrogen) atoms. The van der Waals surface area contributed by atoms with Crippen LogP contribution in [0.25, 0.3) is 11.3 Å². The van der Waals surface area contributed by atoms with Crippen LogP contribution in [0.3, 0.4) is 0 Å². The lowest BCUT2D eigenvalue weighted by atomic mass is 10.1. The van der Waals surface area contributed by atoms with Gasteiger partial charge in [-0.3, -0.25) is 4.79 Å². The zero-order valence-electron chi connectivity index (χ0n) is 18.1. The number of anilines is 1. The van der Waals surface area contributed by atoms with Crippen LogP contribution in [0.2, 0.25) is 0 Å². The van der Waals surface area contributed by atoms with Gasteiger partial charge in [-0.25, -0.2) is 9.97 Å². The van der Waals surface area contributed by atoms with E-state index in [-0.39, 0.29) is 34.8 Å². The van der Waals surface area contributed by atoms with Crippen LogP contribution in [0, 0.1) is 0 Å². The van der Waals surface area contributed by atoms with Crippen molar-refractivity contribution in [2.45, 2.75) is 31.6 Å². The van der Waals surface area contributed by atoms with Crippen LogP contribution in [-0.4, -0.2) is 51.9 Å². The minimum atomic E-state index is -4.63. The van der Waals surface area contributed by atoms with Crippen molar-refractivity contribution in [1.82, 2.24) is 25.2 Å². The Bertz CT molecular complexity index is 1090. The van der Waals surface area contributed by atoms with E-state index in [0.717, 1.165) is 31.1 Å². The molecule has 0 saturated carbocycles. The number of carbonyl (C=O) groups is 1. The van der Waals surface area contributed by atoms with Crippen LogP contribution in [0.4, 0.5) is 19.1 Å². The summed E-state index contributed by atoms with van der Waals surface area (Å²) < 4.78 is 41.0. The molecule has 0 radical (unpaired) electrons. The van der Waals surface area contributed by atoms with E-state index in [1.165, 1.54) is 17.2 Å². The summed E-state index contributed by atoms with van der Waals surface area (Å²) in [6.07, 6.45) is -0.635. The predicted molar refractivity (Wildman–Crippen MR) is 119 cm³/mol. The first-order valence-electron chi connectivity index (χ1n) is 10.7. The standard InChI is InChI=1S/C23H25F3N6O/c1-32(14-15-6-3-2-4-7-15)21(33)19-10-16(11-28-19)20-18(23(24,25)26)13-29-22(31-20)30-17-8-5-9-27-12-17/h2-4,6-7,10-11,13,17,27-28H,5,8-9,12,14H2,1H3,(H,29,30,31)/t17-/m0/s1. The van der Waals surface area contributed by atoms with E-state index in [9.17, 15) is 18.0 Å². The normalized spacial score (nSPS) is 16.4. The maximum atomic E-state index is 13.7. The highest BCUT2D eigenvalue weighted by molar-refractivity contribution is 5.93. The molecule has 1 aromatic carbocycles. The summed E-state index contributed by atoms with van der Waals surface area (Å²) in [6.45, 7) is 1.98. The summed E-state index contributed by atoms with van der Waals surface area (Å²) in [7, 11) is 1.64. The van der Waals surface area contributed by atoms with Gasteiger partial charge in [0.15, 0.2) is 0 Å². The number of aromatic amines is 1. The van der Waals surface area contributed by atoms with Gasteiger partial charge in [0.25, 0.3) is 5.91 Å². The summed E-state index contributed by atoms with van der Waals surface area (Å²) in [5.74, 6) is -0.207. The maximum absolute atomic E-state index is 13.7. The molecule has 3 heterocycles. The van der Waals surface area contributed by atoms with Gasteiger partial charge in [0, 0.05) is 44.1 Å². The average Bonchev–Trinajstić information content (AvgIpc) is 3.29. The quantitative estimate of drug-likeness (QED) is 0.521. The van der Waals surface area contributed by atoms with Crippen LogP contribution >= 0.6 is 0 Å². The number of piperidine rings is 1. The van der Waals surface area contributed by atoms with E-state index in [0.29, 0.717) is 13.1 Å². The molecule has 1 amide bonds. The van der Waals surface area contributed by atoms with Crippen molar-refractivity contribution >= 4 is 11.9 Å². The van der Waals surface area contributed by atoms with E-state index < -0.39 is 11.7 Å². The number of nitrogens with one attached hydrogen (secondary N) is 3. The van der Waals surface area contributed by atoms with Crippen molar-refractivity contribution < 1.29 is 18.0 Å². The summed E-state index contributed by atoms with van der Waals surface area (Å²) in [4.78, 5) is 25.2. The largest absolute Gasteiger partial charge is 0.419 e. The van der Waals surface area contributed by atoms with E-state index in [1.807, 2.05) is 30.3 Å². The van der Waals surface area contributed by atoms with Gasteiger partial charge in [-0.15, -0.1) is 0 Å². The molecule has 1 aliphatic heterocycles. The Kier molecular flexibility index (Phi) is 6.64. The Morgan fingerprint density at radius 2 is 2.06 bits per heavy atom. The first-order chi connectivity index (χ1) is 15.8. The first-order valence-corrected chi connectivity index (χ1v) is 10.7. The molecule has 0 spiro atoms. The van der Waals surface area contributed by atoms with Crippen LogP contribution in [0.5, 0.6) is 0 Å². The van der Waals surface area contributed by atoms with Gasteiger partial charge in [0.2, 0.25) is 5.95 Å². The summed E-state index contributed by atoms with van der Waals surface area (Å²) >= 11 is 0. The second-order valence-electron chi connectivity index (χ2n) is 8.09. The summed E-state index contributed by atoms with van der Waals surface area (Å²) in [6, 6.07) is 10.9. The number of carbonyl (C=O) groups excluding carboxylic acids is 1. The molecular formula is C23H25F3N6O. The number of benzene rings is 1. The molecule has 0 bridgehead atoms. The number of amides is 1. The van der Waals surface area contributed by atoms with E-state index in [1.54, 1.807) is 7.05 Å². The van der Waals surface area contributed by atoms with Crippen molar-refractivity contribution in [3.05, 3.63) is 65.6 Å². The SMILES string of the molecule is CN(Cc1ccccc1)C(=O)c1cc(-c2nc(N[C@H]3CCCNC3)ncc2C(F)(F)F)c[nH]1. The minimum absolute atomic E-state index is 0.0401. The van der Waals surface area contributed by atoms with Crippen LogP contribution in [0.1, 0.15) is 34.5 Å². The molecule has 7 nitrogen and oxygen atoms in total. The molecule has 1 atom stereocenters. The molecule has 10 heteroatoms. The molecule has 174 valence electrons. The fourth-order valence-corrected chi connectivity index (χ4v) is 3.83. The van der Waals surface area contributed by atoms with Crippen molar-refractivity contribution in [3.8, 4) is 11.3 Å². The zero-order chi connectivity index (χ0) is 23.4. The Morgan fingerprint density at radius 1 is 1.27 bits per heavy atom. The van der Waals surface area contributed by atoms with Crippen molar-refractivity contribution in [3.63, 3.8) is 0 Å². The Morgan fingerprint density at radius 3 is 2.76 bits per heavy atom. The highest BCUT2D eigenvalue weighted by atomic mass is 19.4. The molecule has 1 fully saturated rings. The van der Waals surface area contributed by atoms with Gasteiger partial charge in [0.1, 0.15) is 11.3 Å². The molecular weight excluding hydrogens is 433 g/mol. The third kappa shape index (κ3) is 5.51. The monoisotopic (exact) mass is 458 g/mol. The molecule has 0 aliphatic carbocycles. The van der Waals surface area contributed by atoms with Crippen molar-refractivity contribution in [2.24, 2.45) is 0 Å². The Balaban J connectivity index is 1.58. The number of nitrogens with zero attached hydrogens (tertiary/aromatic N) is 3. The van der Waals surface area contributed by atoms with E-state index >= 15 is 0 Å². The third-order valence-electron chi connectivity index (χ3n) is 5.52. The summed E-state index contributed by atoms with van der Waals surface area (Å²) in [5.41, 5.74) is 0.0746. The van der Waals surface area contributed by atoms with Gasteiger partial charge in [-0.2, -0.15) is 13.2 Å². The summed E-state index contributed by atoms with van der Waals surface area (Å²) in [5, 5.41) is 6.34. The minimum Gasteiger partial charge on any atom is -0.357 e. The number of rotatable bonds is 6. The predicted octanol–water partition coefficient (Wildman–Crippen LogP) is 3.93. The lowest BCUT2D eigenvalue weighted by molar-refractivity contribution is -0.137. The number of halogens is 3. The molecule has 3 N–H and O–H groups in total. The van der Waals surface area contributed by atoms with Crippen LogP contribution < -0.4 is 10.6 Å². The number of alkyl halides is 3. The van der Waals surface area contributed by atoms with E-state index in [2.05, 4.69) is 25.6 Å². The Labute approximate surface area is 189 Å². The highest BCUT2D eigenvalue weighted by Gasteiger charge is 2.36. The molecule has 1 aliphatic rings. The number of hydrogen-bond acceptors (Lipinski definition) is 5. The number of H-pyrrole nitrogens is 1. The second-order valence-corrected chi connectivity index (χ2v) is 8.09. The topological polar surface area (TPSA) is 85.9 Å². The lowest BCUT2D eigenvalue weighted by Gasteiger charge is -2.24. The third-order valence-corrected chi connectivity index (χ3v) is 5.52. The second kappa shape index (κ2) is 9.62.